The van der Waals surface area contributed by atoms with E-state index in [9.17, 15) is 9.59 Å². The number of benzene rings is 1. The van der Waals surface area contributed by atoms with Crippen molar-refractivity contribution in [1.82, 2.24) is 15.1 Å². The zero-order chi connectivity index (χ0) is 19.2. The highest BCUT2D eigenvalue weighted by Gasteiger charge is 2.30. The molecule has 1 aromatic rings. The Morgan fingerprint density at radius 3 is 2.27 bits per heavy atom. The second-order valence-electron chi connectivity index (χ2n) is 7.65. The molecule has 1 saturated heterocycles. The Morgan fingerprint density at radius 2 is 1.73 bits per heavy atom. The molecule has 2 amide bonds. The maximum Gasteiger partial charge on any atom is 0.408 e. The zero-order valence-corrected chi connectivity index (χ0v) is 16.3. The maximum atomic E-state index is 13.0. The van der Waals surface area contributed by atoms with Crippen LogP contribution in [0, 0.1) is 0 Å². The first-order valence-corrected chi connectivity index (χ1v) is 9.33. The number of ether oxygens (including phenoxy) is 1. The summed E-state index contributed by atoms with van der Waals surface area (Å²) in [5.74, 6) is -0.0459. The third-order valence-electron chi connectivity index (χ3n) is 4.40. The van der Waals surface area contributed by atoms with Gasteiger partial charge in [0.1, 0.15) is 11.6 Å². The van der Waals surface area contributed by atoms with E-state index in [0.29, 0.717) is 19.5 Å². The van der Waals surface area contributed by atoms with Gasteiger partial charge in [-0.2, -0.15) is 0 Å². The number of carbonyl (C=O) groups is 2. The predicted octanol–water partition coefficient (Wildman–Crippen LogP) is 2.29. The van der Waals surface area contributed by atoms with Crippen LogP contribution < -0.4 is 5.32 Å². The van der Waals surface area contributed by atoms with Gasteiger partial charge >= 0.3 is 6.09 Å². The van der Waals surface area contributed by atoms with Crippen LogP contribution in [0.4, 0.5) is 4.79 Å². The number of rotatable bonds is 5. The van der Waals surface area contributed by atoms with Crippen molar-refractivity contribution in [2.75, 3.05) is 32.7 Å². The van der Waals surface area contributed by atoms with Crippen molar-refractivity contribution >= 4 is 12.0 Å². The monoisotopic (exact) mass is 361 g/mol. The molecule has 26 heavy (non-hydrogen) atoms. The summed E-state index contributed by atoms with van der Waals surface area (Å²) < 4.78 is 5.35. The van der Waals surface area contributed by atoms with Gasteiger partial charge in [0.05, 0.1) is 0 Å². The molecule has 6 heteroatoms. The molecule has 144 valence electrons. The number of alkyl carbamates (subject to hydrolysis) is 1. The SMILES string of the molecule is CCN1CCN(C(=O)[C@H](Cc2ccccc2)NC(=O)OC(C)(C)C)CC1. The molecule has 1 heterocycles. The van der Waals surface area contributed by atoms with E-state index in [1.54, 1.807) is 0 Å². The molecule has 1 aliphatic rings. The first-order chi connectivity index (χ1) is 12.3. The number of piperazine rings is 1. The maximum absolute atomic E-state index is 13.0. The van der Waals surface area contributed by atoms with Gasteiger partial charge in [-0.1, -0.05) is 37.3 Å². The fraction of sp³-hybridized carbons (Fsp3) is 0.600. The zero-order valence-electron chi connectivity index (χ0n) is 16.3. The van der Waals surface area contributed by atoms with Crippen LogP contribution in [0.2, 0.25) is 0 Å². The molecule has 1 fully saturated rings. The highest BCUT2D eigenvalue weighted by molar-refractivity contribution is 5.86. The number of hydrogen-bond donors (Lipinski definition) is 1. The van der Waals surface area contributed by atoms with Crippen LogP contribution in [-0.4, -0.2) is 66.2 Å². The van der Waals surface area contributed by atoms with Crippen molar-refractivity contribution in [2.24, 2.45) is 0 Å². The minimum Gasteiger partial charge on any atom is -0.444 e. The molecule has 0 spiro atoms. The Balaban J connectivity index is 2.06. The number of likely N-dealkylation sites (N-methyl/N-ethyl adjacent to an activating group) is 1. The summed E-state index contributed by atoms with van der Waals surface area (Å²) in [6.07, 6.45) is -0.105. The lowest BCUT2D eigenvalue weighted by Gasteiger charge is -2.36. The first kappa shape index (κ1) is 20.2. The van der Waals surface area contributed by atoms with Gasteiger partial charge in [0.25, 0.3) is 0 Å². The van der Waals surface area contributed by atoms with Crippen molar-refractivity contribution < 1.29 is 14.3 Å². The van der Waals surface area contributed by atoms with Crippen molar-refractivity contribution in [3.8, 4) is 0 Å². The van der Waals surface area contributed by atoms with Crippen LogP contribution in [0.15, 0.2) is 30.3 Å². The van der Waals surface area contributed by atoms with Crippen LogP contribution in [0.3, 0.4) is 0 Å². The van der Waals surface area contributed by atoms with Crippen molar-refractivity contribution in [2.45, 2.75) is 45.8 Å². The van der Waals surface area contributed by atoms with E-state index < -0.39 is 17.7 Å². The lowest BCUT2D eigenvalue weighted by molar-refractivity contribution is -0.135. The van der Waals surface area contributed by atoms with E-state index in [2.05, 4.69) is 17.1 Å². The Kier molecular flexibility index (Phi) is 7.03. The second-order valence-corrected chi connectivity index (χ2v) is 7.65. The third-order valence-corrected chi connectivity index (χ3v) is 4.40. The number of nitrogens with zero attached hydrogens (tertiary/aromatic N) is 2. The average molecular weight is 361 g/mol. The Morgan fingerprint density at radius 1 is 1.12 bits per heavy atom. The second kappa shape index (κ2) is 9.03. The molecule has 1 aliphatic heterocycles. The van der Waals surface area contributed by atoms with E-state index in [-0.39, 0.29) is 5.91 Å². The van der Waals surface area contributed by atoms with E-state index in [1.807, 2.05) is 56.0 Å². The summed E-state index contributed by atoms with van der Waals surface area (Å²) in [4.78, 5) is 29.4. The lowest BCUT2D eigenvalue weighted by atomic mass is 10.0. The van der Waals surface area contributed by atoms with E-state index >= 15 is 0 Å². The topological polar surface area (TPSA) is 61.9 Å². The van der Waals surface area contributed by atoms with Crippen LogP contribution in [0.1, 0.15) is 33.3 Å². The van der Waals surface area contributed by atoms with E-state index in [4.69, 9.17) is 4.74 Å². The molecule has 0 unspecified atom stereocenters. The molecule has 2 rings (SSSR count). The van der Waals surface area contributed by atoms with Crippen LogP contribution in [0.25, 0.3) is 0 Å². The summed E-state index contributed by atoms with van der Waals surface area (Å²) in [7, 11) is 0. The quantitative estimate of drug-likeness (QED) is 0.874. The average Bonchev–Trinajstić information content (AvgIpc) is 2.60. The fourth-order valence-electron chi connectivity index (χ4n) is 3.00. The number of carbonyl (C=O) groups excluding carboxylic acids is 2. The molecule has 0 bridgehead atoms. The molecule has 0 aromatic heterocycles. The summed E-state index contributed by atoms with van der Waals surface area (Å²) >= 11 is 0. The molecular weight excluding hydrogens is 330 g/mol. The molecule has 0 aliphatic carbocycles. The molecule has 6 nitrogen and oxygen atoms in total. The molecule has 0 saturated carbocycles. The minimum atomic E-state index is -0.625. The fourth-order valence-corrected chi connectivity index (χ4v) is 3.00. The van der Waals surface area contributed by atoms with Crippen molar-refractivity contribution in [1.29, 1.82) is 0 Å². The van der Waals surface area contributed by atoms with Gasteiger partial charge in [-0.3, -0.25) is 4.79 Å². The summed E-state index contributed by atoms with van der Waals surface area (Å²) in [5.41, 5.74) is 0.408. The smallest absolute Gasteiger partial charge is 0.408 e. The standard InChI is InChI=1S/C20H31N3O3/c1-5-22-11-13-23(14-12-22)18(24)17(15-16-9-7-6-8-10-16)21-19(25)26-20(2,3)4/h6-10,17H,5,11-15H2,1-4H3,(H,21,25)/t17-/m0/s1. The Bertz CT molecular complexity index is 590. The van der Waals surface area contributed by atoms with Crippen molar-refractivity contribution in [3.63, 3.8) is 0 Å². The van der Waals surface area contributed by atoms with Gasteiger partial charge < -0.3 is 19.9 Å². The van der Waals surface area contributed by atoms with Gasteiger partial charge in [0, 0.05) is 32.6 Å². The molecular formula is C20H31N3O3. The summed E-state index contributed by atoms with van der Waals surface area (Å²) in [6, 6.07) is 9.11. The van der Waals surface area contributed by atoms with Gasteiger partial charge in [0.2, 0.25) is 5.91 Å². The normalized spacial score (nSPS) is 16.8. The number of nitrogens with one attached hydrogen (secondary N) is 1. The molecule has 1 aromatic carbocycles. The largest absolute Gasteiger partial charge is 0.444 e. The van der Waals surface area contributed by atoms with Crippen LogP contribution >= 0.6 is 0 Å². The van der Waals surface area contributed by atoms with Gasteiger partial charge in [-0.25, -0.2) is 4.79 Å². The van der Waals surface area contributed by atoms with Gasteiger partial charge in [0.15, 0.2) is 0 Å². The van der Waals surface area contributed by atoms with Crippen molar-refractivity contribution in [3.05, 3.63) is 35.9 Å². The predicted molar refractivity (Wildman–Crippen MR) is 102 cm³/mol. The van der Waals surface area contributed by atoms with E-state index in [0.717, 1.165) is 25.2 Å². The van der Waals surface area contributed by atoms with Gasteiger partial charge in [-0.15, -0.1) is 0 Å². The number of amides is 2. The Labute approximate surface area is 156 Å². The third kappa shape index (κ3) is 6.33. The molecule has 1 N–H and O–H groups in total. The summed E-state index contributed by atoms with van der Waals surface area (Å²) in [5, 5.41) is 2.78. The minimum absolute atomic E-state index is 0.0459. The molecule has 0 radical (unpaired) electrons. The number of hydrogen-bond acceptors (Lipinski definition) is 4. The van der Waals surface area contributed by atoms with Crippen LogP contribution in [-0.2, 0) is 16.0 Å². The van der Waals surface area contributed by atoms with Gasteiger partial charge in [-0.05, 0) is 32.9 Å². The molecule has 1 atom stereocenters. The lowest BCUT2D eigenvalue weighted by Crippen LogP contribution is -2.55. The highest BCUT2D eigenvalue weighted by Crippen LogP contribution is 2.11. The Hall–Kier alpha value is -2.08. The summed E-state index contributed by atoms with van der Waals surface area (Å²) in [6.45, 7) is 11.7. The first-order valence-electron chi connectivity index (χ1n) is 9.33. The highest BCUT2D eigenvalue weighted by atomic mass is 16.6. The van der Waals surface area contributed by atoms with Crippen LogP contribution in [0.5, 0.6) is 0 Å². The van der Waals surface area contributed by atoms with E-state index in [1.165, 1.54) is 0 Å².